The Morgan fingerprint density at radius 2 is 1.81 bits per heavy atom. The lowest BCUT2D eigenvalue weighted by molar-refractivity contribution is -0.119. The van der Waals surface area contributed by atoms with Crippen molar-refractivity contribution in [2.75, 3.05) is 24.7 Å². The summed E-state index contributed by atoms with van der Waals surface area (Å²) in [6.07, 6.45) is 9.16. The lowest BCUT2D eigenvalue weighted by atomic mass is 10.0. The first kappa shape index (κ1) is 32.5. The Morgan fingerprint density at radius 1 is 1.06 bits per heavy atom. The maximum atomic E-state index is 13.9. The van der Waals surface area contributed by atoms with Gasteiger partial charge in [-0.3, -0.25) is 19.1 Å². The fourth-order valence-electron chi connectivity index (χ4n) is 5.65. The molecule has 2 N–H and O–H groups in total. The maximum absolute atomic E-state index is 13.9. The topological polar surface area (TPSA) is 142 Å². The van der Waals surface area contributed by atoms with E-state index in [2.05, 4.69) is 20.6 Å². The number of carbonyl (C=O) groups is 2. The first-order valence-electron chi connectivity index (χ1n) is 14.9. The molecule has 0 radical (unpaired) electrons. The molecule has 1 fully saturated rings. The molecule has 2 amide bonds. The quantitative estimate of drug-likeness (QED) is 0.236. The molecule has 4 aromatic rings. The van der Waals surface area contributed by atoms with Crippen LogP contribution in [0.15, 0.2) is 87.7 Å². The second-order valence-corrected chi connectivity index (χ2v) is 13.7. The van der Waals surface area contributed by atoms with Crippen molar-refractivity contribution in [2.45, 2.75) is 36.9 Å². The minimum atomic E-state index is -3.84. The van der Waals surface area contributed by atoms with Crippen LogP contribution in [0.4, 0.5) is 11.6 Å². The van der Waals surface area contributed by atoms with Gasteiger partial charge in [0.15, 0.2) is 5.03 Å². The van der Waals surface area contributed by atoms with E-state index in [1.807, 2.05) is 36.7 Å². The lowest BCUT2D eigenvalue weighted by Crippen LogP contribution is -2.31. The number of imidazole rings is 1. The van der Waals surface area contributed by atoms with Gasteiger partial charge in [0, 0.05) is 47.5 Å². The Labute approximate surface area is 281 Å². The van der Waals surface area contributed by atoms with Gasteiger partial charge >= 0.3 is 0 Å². The smallest absolute Gasteiger partial charge is 0.260 e. The molecule has 12 nitrogen and oxygen atoms in total. The Balaban J connectivity index is 0.000000373. The van der Waals surface area contributed by atoms with Crippen LogP contribution in [0, 0.1) is 0 Å². The summed E-state index contributed by atoms with van der Waals surface area (Å²) in [6.45, 7) is 1.92. The van der Waals surface area contributed by atoms with Gasteiger partial charge in [0.2, 0.25) is 12.4 Å². The molecule has 2 aromatic carbocycles. The van der Waals surface area contributed by atoms with Crippen LogP contribution >= 0.6 is 23.2 Å². The molecule has 3 aliphatic heterocycles. The van der Waals surface area contributed by atoms with Crippen LogP contribution in [0.3, 0.4) is 0 Å². The van der Waals surface area contributed by atoms with E-state index in [4.69, 9.17) is 27.6 Å². The van der Waals surface area contributed by atoms with Crippen LogP contribution in [-0.4, -0.2) is 60.6 Å². The van der Waals surface area contributed by atoms with E-state index in [9.17, 15) is 18.0 Å². The predicted octanol–water partition coefficient (Wildman–Crippen LogP) is 4.93. The number of sulfonamides is 1. The van der Waals surface area contributed by atoms with Gasteiger partial charge in [0.25, 0.3) is 15.9 Å². The number of hydrogen-bond acceptors (Lipinski definition) is 8. The number of allylic oxidation sites excluding steroid dienone is 1. The fraction of sp³-hybridized carbons (Fsp3) is 0.250. The average molecular weight is 697 g/mol. The van der Waals surface area contributed by atoms with E-state index in [1.54, 1.807) is 41.2 Å². The van der Waals surface area contributed by atoms with Crippen molar-refractivity contribution in [1.29, 1.82) is 0 Å². The molecule has 5 heterocycles. The second-order valence-electron chi connectivity index (χ2n) is 10.9. The number of nitrogens with one attached hydrogen (secondary N) is 2. The van der Waals surface area contributed by atoms with Gasteiger partial charge in [-0.1, -0.05) is 47.5 Å². The van der Waals surface area contributed by atoms with Gasteiger partial charge in [-0.15, -0.1) is 0 Å². The van der Waals surface area contributed by atoms with Crippen molar-refractivity contribution in [2.24, 2.45) is 4.99 Å². The van der Waals surface area contributed by atoms with Crippen molar-refractivity contribution in [3.05, 3.63) is 100 Å². The number of rotatable bonds is 9. The second kappa shape index (κ2) is 14.1. The van der Waals surface area contributed by atoms with E-state index in [0.29, 0.717) is 48.4 Å². The van der Waals surface area contributed by atoms with Crippen LogP contribution < -0.4 is 15.5 Å². The molecule has 0 bridgehead atoms. The number of hydrogen-bond donors (Lipinski definition) is 2. The molecule has 15 heteroatoms. The molecule has 1 saturated heterocycles. The zero-order valence-corrected chi connectivity index (χ0v) is 27.4. The summed E-state index contributed by atoms with van der Waals surface area (Å²) in [5.41, 5.74) is 3.25. The molecule has 1 unspecified atom stereocenters. The Morgan fingerprint density at radius 3 is 2.45 bits per heavy atom. The number of benzene rings is 2. The number of carbonyl (C=O) groups excluding carboxylic acids is 2. The monoisotopic (exact) mass is 695 g/mol. The third-order valence-electron chi connectivity index (χ3n) is 7.86. The highest BCUT2D eigenvalue weighted by molar-refractivity contribution is 7.89. The van der Waals surface area contributed by atoms with Crippen LogP contribution in [0.5, 0.6) is 0 Å². The number of aromatic nitrogens is 2. The van der Waals surface area contributed by atoms with Crippen molar-refractivity contribution in [3.8, 4) is 0 Å². The minimum absolute atomic E-state index is 0.00893. The van der Waals surface area contributed by atoms with Crippen LogP contribution in [0.1, 0.15) is 35.8 Å². The summed E-state index contributed by atoms with van der Waals surface area (Å²) in [6, 6.07) is 15.4. The average Bonchev–Trinajstić information content (AvgIpc) is 3.89. The van der Waals surface area contributed by atoms with Gasteiger partial charge in [-0.25, -0.2) is 18.3 Å². The van der Waals surface area contributed by atoms with Crippen molar-refractivity contribution >= 4 is 69.0 Å². The van der Waals surface area contributed by atoms with Gasteiger partial charge in [-0.2, -0.15) is 4.31 Å². The summed E-state index contributed by atoms with van der Waals surface area (Å²) >= 11 is 12.5. The Hall–Kier alpha value is -4.43. The fourth-order valence-corrected chi connectivity index (χ4v) is 7.81. The zero-order valence-electron chi connectivity index (χ0n) is 25.1. The third kappa shape index (κ3) is 6.98. The first-order chi connectivity index (χ1) is 22.8. The van der Waals surface area contributed by atoms with Crippen LogP contribution in [0.2, 0.25) is 10.0 Å². The van der Waals surface area contributed by atoms with Gasteiger partial charge in [0.1, 0.15) is 18.5 Å². The molecule has 244 valence electrons. The van der Waals surface area contributed by atoms with E-state index >= 15 is 0 Å². The maximum Gasteiger partial charge on any atom is 0.260 e. The zero-order chi connectivity index (χ0) is 33.0. The molecule has 0 saturated carbocycles. The normalized spacial score (nSPS) is 17.5. The number of halogens is 2. The highest BCUT2D eigenvalue weighted by Gasteiger charge is 2.44. The van der Waals surface area contributed by atoms with E-state index < -0.39 is 16.1 Å². The Bertz CT molecular complexity index is 1900. The molecular weight excluding hydrogens is 665 g/mol. The molecular formula is C32H31Cl2N7O5S. The standard InChI is InChI=1S/C26H24Cl2N6O3S.C6H7NO2/c27-20-10-21(28)12-22(11-20)33-25(35)23(9-17-3-5-18(6-4-17)19-13-29-16-30-14-19)34-24(15-31-26(33)34)38(36,37)32-7-1-2-8-32;8-5-7-4-6-2-1-3-9-6/h3-6,10-15,23,29H,1-2,7-9,16H2;1-3,5H,4H2,(H,7,8). The SMILES string of the molecule is O=C1C(Cc2ccc(C3=CNCN=C3)cc2)n2c(S(=O)(=O)N3CCCC3)cnc2N1c1cc(Cl)cc(Cl)c1.O=CNCc1ccco1. The van der Waals surface area contributed by atoms with Crippen LogP contribution in [0.25, 0.3) is 5.57 Å². The summed E-state index contributed by atoms with van der Waals surface area (Å²) in [5, 5.41) is 6.29. The van der Waals surface area contributed by atoms with Crippen molar-refractivity contribution < 1.29 is 22.4 Å². The number of aliphatic imine (C=N–C) groups is 1. The summed E-state index contributed by atoms with van der Waals surface area (Å²) in [5.74, 6) is 0.684. The first-order valence-corrected chi connectivity index (χ1v) is 17.1. The highest BCUT2D eigenvalue weighted by atomic mass is 35.5. The predicted molar refractivity (Wildman–Crippen MR) is 179 cm³/mol. The van der Waals surface area contributed by atoms with Crippen molar-refractivity contribution in [3.63, 3.8) is 0 Å². The molecule has 0 aliphatic carbocycles. The number of amides is 2. The number of anilines is 2. The largest absolute Gasteiger partial charge is 0.467 e. The molecule has 2 aromatic heterocycles. The molecule has 1 atom stereocenters. The summed E-state index contributed by atoms with van der Waals surface area (Å²) in [7, 11) is -3.84. The highest BCUT2D eigenvalue weighted by Crippen LogP contribution is 2.42. The summed E-state index contributed by atoms with van der Waals surface area (Å²) < 4.78 is 35.1. The van der Waals surface area contributed by atoms with E-state index in [1.165, 1.54) is 15.4 Å². The number of nitrogens with zero attached hydrogens (tertiary/aromatic N) is 5. The van der Waals surface area contributed by atoms with Crippen molar-refractivity contribution in [1.82, 2.24) is 24.5 Å². The lowest BCUT2D eigenvalue weighted by Gasteiger charge is -2.19. The molecule has 0 spiro atoms. The van der Waals surface area contributed by atoms with Gasteiger partial charge < -0.3 is 15.1 Å². The van der Waals surface area contributed by atoms with Gasteiger partial charge in [0.05, 0.1) is 24.7 Å². The third-order valence-corrected chi connectivity index (χ3v) is 10.2. The summed E-state index contributed by atoms with van der Waals surface area (Å²) in [4.78, 5) is 33.7. The molecule has 47 heavy (non-hydrogen) atoms. The molecule has 3 aliphatic rings. The van der Waals surface area contributed by atoms with E-state index in [0.717, 1.165) is 35.3 Å². The molecule has 7 rings (SSSR count). The minimum Gasteiger partial charge on any atom is -0.467 e. The van der Waals surface area contributed by atoms with E-state index in [-0.39, 0.29) is 23.3 Å². The van der Waals surface area contributed by atoms with Gasteiger partial charge in [-0.05, 0) is 54.3 Å². The number of furan rings is 1. The van der Waals surface area contributed by atoms with Crippen LogP contribution in [-0.2, 0) is 32.6 Å². The number of fused-ring (bicyclic) bond motifs is 1. The Kier molecular flexibility index (Phi) is 9.78.